The first kappa shape index (κ1) is 12.9. The number of aryl methyl sites for hydroxylation is 1. The fourth-order valence-corrected chi connectivity index (χ4v) is 3.13. The SMILES string of the molecule is Cc1cccc(SCC(O)CC2(O)CCC2)c1. The van der Waals surface area contributed by atoms with Gasteiger partial charge in [0.05, 0.1) is 11.7 Å². The molecule has 2 N–H and O–H groups in total. The predicted molar refractivity (Wildman–Crippen MR) is 71.3 cm³/mol. The molecule has 1 aliphatic rings. The number of hydrogen-bond donors (Lipinski definition) is 2. The topological polar surface area (TPSA) is 40.5 Å². The van der Waals surface area contributed by atoms with Gasteiger partial charge in [-0.05, 0) is 38.3 Å². The maximum atomic E-state index is 9.95. The predicted octanol–water partition coefficient (Wildman–Crippen LogP) is 2.75. The minimum absolute atomic E-state index is 0.411. The highest BCUT2D eigenvalue weighted by Crippen LogP contribution is 2.36. The van der Waals surface area contributed by atoms with Crippen molar-refractivity contribution in [3.8, 4) is 0 Å². The second kappa shape index (κ2) is 5.42. The summed E-state index contributed by atoms with van der Waals surface area (Å²) in [4.78, 5) is 1.18. The summed E-state index contributed by atoms with van der Waals surface area (Å²) in [5, 5.41) is 19.9. The van der Waals surface area contributed by atoms with Gasteiger partial charge in [0.15, 0.2) is 0 Å². The highest BCUT2D eigenvalue weighted by atomic mass is 32.2. The second-order valence-corrected chi connectivity index (χ2v) is 6.16. The fourth-order valence-electron chi connectivity index (χ4n) is 2.18. The van der Waals surface area contributed by atoms with E-state index in [1.54, 1.807) is 11.8 Å². The van der Waals surface area contributed by atoms with Gasteiger partial charge in [0.2, 0.25) is 0 Å². The monoisotopic (exact) mass is 252 g/mol. The van der Waals surface area contributed by atoms with Gasteiger partial charge in [0.25, 0.3) is 0 Å². The number of rotatable bonds is 5. The molecule has 0 bridgehead atoms. The molecule has 0 aliphatic heterocycles. The van der Waals surface area contributed by atoms with E-state index in [-0.39, 0.29) is 0 Å². The molecule has 1 aromatic carbocycles. The molecule has 2 rings (SSSR count). The van der Waals surface area contributed by atoms with Gasteiger partial charge in [-0.1, -0.05) is 17.7 Å². The molecule has 1 aliphatic carbocycles. The summed E-state index contributed by atoms with van der Waals surface area (Å²) in [5.41, 5.74) is 0.661. The molecule has 0 aromatic heterocycles. The van der Waals surface area contributed by atoms with Gasteiger partial charge in [0.1, 0.15) is 0 Å². The molecule has 3 heteroatoms. The number of hydrogen-bond acceptors (Lipinski definition) is 3. The van der Waals surface area contributed by atoms with Crippen LogP contribution in [0.4, 0.5) is 0 Å². The average molecular weight is 252 g/mol. The molecule has 2 nitrogen and oxygen atoms in total. The largest absolute Gasteiger partial charge is 0.392 e. The van der Waals surface area contributed by atoms with E-state index in [0.717, 1.165) is 19.3 Å². The van der Waals surface area contributed by atoms with Crippen molar-refractivity contribution in [1.29, 1.82) is 0 Å². The van der Waals surface area contributed by atoms with Crippen molar-refractivity contribution in [3.63, 3.8) is 0 Å². The lowest BCUT2D eigenvalue weighted by molar-refractivity contribution is -0.0642. The lowest BCUT2D eigenvalue weighted by Gasteiger charge is -2.38. The van der Waals surface area contributed by atoms with Gasteiger partial charge in [-0.15, -0.1) is 11.8 Å². The van der Waals surface area contributed by atoms with Crippen LogP contribution < -0.4 is 0 Å². The molecule has 0 radical (unpaired) electrons. The van der Waals surface area contributed by atoms with E-state index >= 15 is 0 Å². The average Bonchev–Trinajstić information content (AvgIpc) is 2.24. The molecule has 1 fully saturated rings. The molecular weight excluding hydrogens is 232 g/mol. The van der Waals surface area contributed by atoms with E-state index in [1.807, 2.05) is 6.07 Å². The molecule has 0 amide bonds. The van der Waals surface area contributed by atoms with Gasteiger partial charge >= 0.3 is 0 Å². The third-order valence-corrected chi connectivity index (χ3v) is 4.47. The Hall–Kier alpha value is -0.510. The van der Waals surface area contributed by atoms with E-state index in [2.05, 4.69) is 25.1 Å². The third kappa shape index (κ3) is 3.73. The second-order valence-electron chi connectivity index (χ2n) is 5.06. The maximum absolute atomic E-state index is 9.95. The summed E-state index contributed by atoms with van der Waals surface area (Å²) in [5.74, 6) is 0.658. The van der Waals surface area contributed by atoms with Crippen LogP contribution in [0.15, 0.2) is 29.2 Å². The van der Waals surface area contributed by atoms with Gasteiger partial charge in [-0.25, -0.2) is 0 Å². The van der Waals surface area contributed by atoms with Crippen molar-refractivity contribution in [1.82, 2.24) is 0 Å². The minimum Gasteiger partial charge on any atom is -0.392 e. The maximum Gasteiger partial charge on any atom is 0.0672 e. The summed E-state index contributed by atoms with van der Waals surface area (Å²) < 4.78 is 0. The smallest absolute Gasteiger partial charge is 0.0672 e. The molecule has 94 valence electrons. The van der Waals surface area contributed by atoms with Crippen molar-refractivity contribution < 1.29 is 10.2 Å². The van der Waals surface area contributed by atoms with E-state index in [1.165, 1.54) is 10.5 Å². The molecule has 1 aromatic rings. The Kier molecular flexibility index (Phi) is 4.13. The van der Waals surface area contributed by atoms with Crippen molar-refractivity contribution in [2.75, 3.05) is 5.75 Å². The van der Waals surface area contributed by atoms with E-state index in [0.29, 0.717) is 12.2 Å². The summed E-state index contributed by atoms with van der Waals surface area (Å²) in [6, 6.07) is 8.28. The molecule has 17 heavy (non-hydrogen) atoms. The third-order valence-electron chi connectivity index (χ3n) is 3.33. The molecule has 1 saturated carbocycles. The Morgan fingerprint density at radius 1 is 1.41 bits per heavy atom. The van der Waals surface area contributed by atoms with Gasteiger partial charge in [0, 0.05) is 17.1 Å². The first-order valence-corrected chi connectivity index (χ1v) is 7.16. The van der Waals surface area contributed by atoms with Crippen LogP contribution in [-0.4, -0.2) is 27.7 Å². The van der Waals surface area contributed by atoms with E-state index in [4.69, 9.17) is 0 Å². The lowest BCUT2D eigenvalue weighted by atomic mass is 9.77. The standard InChI is InChI=1S/C14H20O2S/c1-11-4-2-5-13(8-11)17-10-12(15)9-14(16)6-3-7-14/h2,4-5,8,12,15-16H,3,6-7,9-10H2,1H3. The van der Waals surface area contributed by atoms with Crippen LogP contribution in [0.1, 0.15) is 31.2 Å². The molecule has 0 saturated heterocycles. The van der Waals surface area contributed by atoms with Gasteiger partial charge < -0.3 is 10.2 Å². The Balaban J connectivity index is 1.77. The normalized spacial score (nSPS) is 19.7. The Morgan fingerprint density at radius 3 is 2.76 bits per heavy atom. The first-order chi connectivity index (χ1) is 8.07. The lowest BCUT2D eigenvalue weighted by Crippen LogP contribution is -2.40. The van der Waals surface area contributed by atoms with Crippen molar-refractivity contribution in [2.24, 2.45) is 0 Å². The zero-order valence-corrected chi connectivity index (χ0v) is 11.0. The Bertz CT molecular complexity index is 374. The molecule has 1 unspecified atom stereocenters. The number of aliphatic hydroxyl groups is 2. The molecule has 0 heterocycles. The van der Waals surface area contributed by atoms with Crippen LogP contribution in [0, 0.1) is 6.92 Å². The van der Waals surface area contributed by atoms with E-state index in [9.17, 15) is 10.2 Å². The van der Waals surface area contributed by atoms with Crippen molar-refractivity contribution >= 4 is 11.8 Å². The number of aliphatic hydroxyl groups excluding tert-OH is 1. The highest BCUT2D eigenvalue weighted by molar-refractivity contribution is 7.99. The van der Waals surface area contributed by atoms with Crippen LogP contribution in [-0.2, 0) is 0 Å². The van der Waals surface area contributed by atoms with Crippen LogP contribution >= 0.6 is 11.8 Å². The number of thioether (sulfide) groups is 1. The summed E-state index contributed by atoms with van der Waals surface area (Å²) >= 11 is 1.66. The zero-order chi connectivity index (χ0) is 12.3. The molecule has 0 spiro atoms. The number of benzene rings is 1. The highest BCUT2D eigenvalue weighted by Gasteiger charge is 2.36. The van der Waals surface area contributed by atoms with Gasteiger partial charge in [-0.2, -0.15) is 0 Å². The van der Waals surface area contributed by atoms with Gasteiger partial charge in [-0.3, -0.25) is 0 Å². The van der Waals surface area contributed by atoms with Crippen LogP contribution in [0.25, 0.3) is 0 Å². The van der Waals surface area contributed by atoms with Crippen molar-refractivity contribution in [2.45, 2.75) is 49.2 Å². The minimum atomic E-state index is -0.577. The first-order valence-electron chi connectivity index (χ1n) is 6.17. The van der Waals surface area contributed by atoms with E-state index < -0.39 is 11.7 Å². The van der Waals surface area contributed by atoms with Crippen molar-refractivity contribution in [3.05, 3.63) is 29.8 Å². The quantitative estimate of drug-likeness (QED) is 0.792. The Morgan fingerprint density at radius 2 is 2.18 bits per heavy atom. The zero-order valence-electron chi connectivity index (χ0n) is 10.2. The van der Waals surface area contributed by atoms with Crippen LogP contribution in [0.5, 0.6) is 0 Å². The Labute approximate surface area is 107 Å². The molecule has 1 atom stereocenters. The molecular formula is C14H20O2S. The summed E-state index contributed by atoms with van der Waals surface area (Å²) in [7, 11) is 0. The fraction of sp³-hybridized carbons (Fsp3) is 0.571. The summed E-state index contributed by atoms with van der Waals surface area (Å²) in [6.45, 7) is 2.07. The van der Waals surface area contributed by atoms with Crippen LogP contribution in [0.3, 0.4) is 0 Å². The van der Waals surface area contributed by atoms with Crippen LogP contribution in [0.2, 0.25) is 0 Å². The summed E-state index contributed by atoms with van der Waals surface area (Å²) in [6.07, 6.45) is 2.89.